The Hall–Kier alpha value is -2.10. The highest BCUT2D eigenvalue weighted by molar-refractivity contribution is 5.78. The first-order valence-electron chi connectivity index (χ1n) is 7.47. The van der Waals surface area contributed by atoms with E-state index in [0.29, 0.717) is 11.5 Å². The average Bonchev–Trinajstić information content (AvgIpc) is 3.01. The van der Waals surface area contributed by atoms with Crippen molar-refractivity contribution in [2.75, 3.05) is 12.3 Å². The van der Waals surface area contributed by atoms with Gasteiger partial charge in [0, 0.05) is 6.07 Å². The number of anilines is 1. The summed E-state index contributed by atoms with van der Waals surface area (Å²) in [6, 6.07) is 1.98. The number of nitrogens with zero attached hydrogens (tertiary/aromatic N) is 2. The fourth-order valence-electron chi connectivity index (χ4n) is 3.61. The molecule has 2 fully saturated rings. The number of imidazole rings is 1. The van der Waals surface area contributed by atoms with Gasteiger partial charge in [0.25, 0.3) is 11.6 Å². The van der Waals surface area contributed by atoms with Crippen LogP contribution in [0, 0.1) is 0 Å². The van der Waals surface area contributed by atoms with Gasteiger partial charge in [-0.3, -0.25) is 9.36 Å². The number of ether oxygens (including phenoxy) is 4. The molecule has 0 aliphatic carbocycles. The molecule has 2 bridgehead atoms. The van der Waals surface area contributed by atoms with Crippen molar-refractivity contribution in [2.45, 2.75) is 44.2 Å². The third-order valence-electron chi connectivity index (χ3n) is 4.44. The van der Waals surface area contributed by atoms with Crippen molar-refractivity contribution in [3.05, 3.63) is 16.4 Å². The van der Waals surface area contributed by atoms with Crippen molar-refractivity contribution >= 4 is 16.9 Å². The molecule has 9 nitrogen and oxygen atoms in total. The number of H-pyrrole nitrogens is 1. The van der Waals surface area contributed by atoms with Gasteiger partial charge in [0.05, 0.1) is 5.52 Å². The maximum atomic E-state index is 12.1. The Kier molecular flexibility index (Phi) is 2.35. The normalized spacial score (nSPS) is 34.0. The van der Waals surface area contributed by atoms with E-state index < -0.39 is 12.0 Å². The quantitative estimate of drug-likeness (QED) is 0.708. The molecular formula is C14H16N4O5. The maximum absolute atomic E-state index is 12.1. The number of fused-ring (bicyclic) bond motifs is 9. The molecule has 5 heterocycles. The van der Waals surface area contributed by atoms with Gasteiger partial charge in [-0.2, -0.15) is 4.98 Å². The summed E-state index contributed by atoms with van der Waals surface area (Å²) in [5.41, 5.74) is 6.23. The van der Waals surface area contributed by atoms with Gasteiger partial charge in [-0.05, 0) is 13.8 Å². The number of aromatic nitrogens is 3. The summed E-state index contributed by atoms with van der Waals surface area (Å²) in [5.74, 6) is -0.433. The van der Waals surface area contributed by atoms with Crippen LogP contribution < -0.4 is 16.0 Å². The van der Waals surface area contributed by atoms with Crippen molar-refractivity contribution in [2.24, 2.45) is 0 Å². The molecule has 3 aliphatic heterocycles. The molecular weight excluding hydrogens is 304 g/mol. The van der Waals surface area contributed by atoms with Gasteiger partial charge in [-0.15, -0.1) is 0 Å². The Balaban J connectivity index is 1.72. The lowest BCUT2D eigenvalue weighted by atomic mass is 10.1. The highest BCUT2D eigenvalue weighted by Crippen LogP contribution is 2.46. The van der Waals surface area contributed by atoms with Crippen LogP contribution in [-0.2, 0) is 14.2 Å². The summed E-state index contributed by atoms with van der Waals surface area (Å²) in [5, 5.41) is 0. The van der Waals surface area contributed by atoms with E-state index in [1.54, 1.807) is 10.6 Å². The molecule has 23 heavy (non-hydrogen) atoms. The lowest BCUT2D eigenvalue weighted by Crippen LogP contribution is -2.34. The average molecular weight is 320 g/mol. The predicted octanol–water partition coefficient (Wildman–Crippen LogP) is 0.117. The van der Waals surface area contributed by atoms with E-state index in [2.05, 4.69) is 9.97 Å². The molecule has 2 saturated heterocycles. The minimum Gasteiger partial charge on any atom is -0.462 e. The standard InChI is InChI=1S/C14H16N4O5/c1-14(2)22-9-6-4-20-13-17-8-5(3-7(15)16-11(8)19)18(13)12(21-6)10(9)23-14/h3,6,9-10,12H,4H2,1-2H3,(H3,15,16,19)/t6-,9-,10-,12-/m1/s1. The van der Waals surface area contributed by atoms with Crippen molar-refractivity contribution in [3.63, 3.8) is 0 Å². The molecule has 0 unspecified atom stereocenters. The van der Waals surface area contributed by atoms with Gasteiger partial charge < -0.3 is 29.7 Å². The summed E-state index contributed by atoms with van der Waals surface area (Å²) >= 11 is 0. The van der Waals surface area contributed by atoms with Crippen LogP contribution in [0.5, 0.6) is 6.01 Å². The summed E-state index contributed by atoms with van der Waals surface area (Å²) in [6.45, 7) is 4.02. The molecule has 0 aromatic carbocycles. The molecule has 0 spiro atoms. The van der Waals surface area contributed by atoms with Crippen LogP contribution in [-0.4, -0.2) is 45.2 Å². The second kappa shape index (κ2) is 4.05. The zero-order valence-corrected chi connectivity index (χ0v) is 12.6. The van der Waals surface area contributed by atoms with Gasteiger partial charge in [0.2, 0.25) is 0 Å². The first-order valence-corrected chi connectivity index (χ1v) is 7.47. The summed E-state index contributed by atoms with van der Waals surface area (Å²) in [6.07, 6.45) is -1.24. The smallest absolute Gasteiger partial charge is 0.299 e. The minimum atomic E-state index is -0.687. The first kappa shape index (κ1) is 13.3. The molecule has 9 heteroatoms. The Morgan fingerprint density at radius 3 is 3.00 bits per heavy atom. The van der Waals surface area contributed by atoms with Gasteiger partial charge >= 0.3 is 0 Å². The number of nitrogens with two attached hydrogens (primary N) is 1. The van der Waals surface area contributed by atoms with Crippen molar-refractivity contribution in [3.8, 4) is 6.01 Å². The zero-order valence-electron chi connectivity index (χ0n) is 12.6. The SMILES string of the molecule is CC1(C)O[C@@H]2[C@H](O1)[C@H]1COc3nc4c(=O)[nH]c(N)cc4n3[C@@H]2O1. The van der Waals surface area contributed by atoms with Crippen molar-refractivity contribution < 1.29 is 18.9 Å². The zero-order chi connectivity index (χ0) is 15.9. The predicted molar refractivity (Wildman–Crippen MR) is 78.0 cm³/mol. The van der Waals surface area contributed by atoms with Crippen LogP contribution in [0.25, 0.3) is 11.0 Å². The van der Waals surface area contributed by atoms with Crippen LogP contribution in [0.3, 0.4) is 0 Å². The van der Waals surface area contributed by atoms with Crippen LogP contribution >= 0.6 is 0 Å². The van der Waals surface area contributed by atoms with Crippen LogP contribution in [0.1, 0.15) is 20.1 Å². The highest BCUT2D eigenvalue weighted by atomic mass is 16.8. The van der Waals surface area contributed by atoms with Gasteiger partial charge in [-0.1, -0.05) is 0 Å². The van der Waals surface area contributed by atoms with Crippen LogP contribution in [0.2, 0.25) is 0 Å². The molecule has 122 valence electrons. The van der Waals surface area contributed by atoms with Gasteiger partial charge in [0.15, 0.2) is 17.5 Å². The third kappa shape index (κ3) is 1.72. The Morgan fingerprint density at radius 1 is 1.39 bits per heavy atom. The van der Waals surface area contributed by atoms with E-state index in [0.717, 1.165) is 0 Å². The summed E-state index contributed by atoms with van der Waals surface area (Å²) in [4.78, 5) is 18.9. The van der Waals surface area contributed by atoms with E-state index in [4.69, 9.17) is 24.7 Å². The maximum Gasteiger partial charge on any atom is 0.299 e. The summed E-state index contributed by atoms with van der Waals surface area (Å²) in [7, 11) is 0. The molecule has 3 aliphatic rings. The van der Waals surface area contributed by atoms with Crippen LogP contribution in [0.4, 0.5) is 5.82 Å². The van der Waals surface area contributed by atoms with E-state index in [1.165, 1.54) is 0 Å². The Morgan fingerprint density at radius 2 is 2.17 bits per heavy atom. The third-order valence-corrected chi connectivity index (χ3v) is 4.44. The van der Waals surface area contributed by atoms with Crippen molar-refractivity contribution in [1.82, 2.24) is 14.5 Å². The van der Waals surface area contributed by atoms with E-state index in [1.807, 2.05) is 13.8 Å². The van der Waals surface area contributed by atoms with E-state index >= 15 is 0 Å². The number of hydrogen-bond acceptors (Lipinski definition) is 7. The van der Waals surface area contributed by atoms with Gasteiger partial charge in [-0.25, -0.2) is 0 Å². The second-order valence-corrected chi connectivity index (χ2v) is 6.49. The van der Waals surface area contributed by atoms with E-state index in [9.17, 15) is 4.79 Å². The molecule has 4 atom stereocenters. The molecule has 2 aromatic rings. The number of rotatable bonds is 0. The van der Waals surface area contributed by atoms with Crippen LogP contribution in [0.15, 0.2) is 10.9 Å². The molecule has 0 radical (unpaired) electrons. The molecule has 5 rings (SSSR count). The monoisotopic (exact) mass is 320 g/mol. The number of pyridine rings is 1. The highest BCUT2D eigenvalue weighted by Gasteiger charge is 2.58. The van der Waals surface area contributed by atoms with E-state index in [-0.39, 0.29) is 41.8 Å². The molecule has 0 saturated carbocycles. The fraction of sp³-hybridized carbons (Fsp3) is 0.571. The fourth-order valence-corrected chi connectivity index (χ4v) is 3.61. The molecule has 2 aromatic heterocycles. The first-order chi connectivity index (χ1) is 10.9. The number of nitrogen functional groups attached to an aromatic ring is 1. The minimum absolute atomic E-state index is 0.222. The summed E-state index contributed by atoms with van der Waals surface area (Å²) < 4.78 is 25.5. The molecule has 3 N–H and O–H groups in total. The van der Waals surface area contributed by atoms with Crippen molar-refractivity contribution in [1.29, 1.82) is 0 Å². The second-order valence-electron chi connectivity index (χ2n) is 6.49. The van der Waals surface area contributed by atoms with Gasteiger partial charge in [0.1, 0.15) is 30.7 Å². The number of hydrogen-bond donors (Lipinski definition) is 2. The Bertz CT molecular complexity index is 872. The lowest BCUT2D eigenvalue weighted by molar-refractivity contribution is -0.195. The number of nitrogens with one attached hydrogen (secondary N) is 1. The lowest BCUT2D eigenvalue weighted by Gasteiger charge is -2.23. The Labute approximate surface area is 130 Å². The largest absolute Gasteiger partial charge is 0.462 e. The number of aromatic amines is 1. The topological polar surface area (TPSA) is 114 Å². The molecule has 0 amide bonds.